The van der Waals surface area contributed by atoms with Crippen LogP contribution in [0.2, 0.25) is 0 Å². The maximum absolute atomic E-state index is 13.3. The van der Waals surface area contributed by atoms with E-state index >= 15 is 0 Å². The molecule has 0 radical (unpaired) electrons. The molecule has 0 bridgehead atoms. The van der Waals surface area contributed by atoms with Crippen LogP contribution in [0.25, 0.3) is 0 Å². The van der Waals surface area contributed by atoms with Crippen molar-refractivity contribution < 1.29 is 18.7 Å². The van der Waals surface area contributed by atoms with Crippen LogP contribution in [-0.2, 0) is 0 Å². The van der Waals surface area contributed by atoms with Crippen LogP contribution in [0.3, 0.4) is 0 Å². The molecule has 1 heterocycles. The summed E-state index contributed by atoms with van der Waals surface area (Å²) in [6.07, 6.45) is 0.977. The molecule has 0 aromatic heterocycles. The molecule has 4 atom stereocenters. The number of amides is 2. The Hall–Kier alpha value is -3.29. The highest BCUT2D eigenvalue weighted by Gasteiger charge is 2.31. The lowest BCUT2D eigenvalue weighted by Crippen LogP contribution is -2.48. The fourth-order valence-corrected chi connectivity index (χ4v) is 4.78. The smallest absolute Gasteiger partial charge is 0.319 e. The number of likely N-dealkylation sites (tertiary alicyclic amines) is 1. The zero-order valence-electron chi connectivity index (χ0n) is 19.7. The van der Waals surface area contributed by atoms with Crippen LogP contribution in [0.4, 0.5) is 19.3 Å². The number of aliphatic hydroxyl groups excluding tert-OH is 1. The number of halogens is 2. The first-order valence-corrected chi connectivity index (χ1v) is 11.9. The number of nitrogens with one attached hydrogen (secondary N) is 2. The molecule has 3 N–H and O–H groups in total. The molecule has 2 unspecified atom stereocenters. The molecular weight excluding hydrogens is 448 g/mol. The average molecular weight is 480 g/mol. The standard InChI is InChI=1S/C28H31F2N3O2/c1-19-17-22(20-7-9-23(29)10-8-20)15-16-33(19)18-26(34)27(21-5-3-2-4-6-21)32-28(35)31-25-13-11-24(30)12-14-25/h2-14,19,22,26-27,34H,15-18H2,1H3,(H2,31,32,35)/t19?,22?,26-,27-/m1/s1. The highest BCUT2D eigenvalue weighted by atomic mass is 19.1. The van der Waals surface area contributed by atoms with Gasteiger partial charge in [-0.05, 0) is 79.8 Å². The second-order valence-corrected chi connectivity index (χ2v) is 9.18. The van der Waals surface area contributed by atoms with Gasteiger partial charge in [0.05, 0.1) is 12.1 Å². The van der Waals surface area contributed by atoms with Gasteiger partial charge in [-0.1, -0.05) is 42.5 Å². The van der Waals surface area contributed by atoms with E-state index in [-0.39, 0.29) is 17.7 Å². The Labute approximate surface area is 204 Å². The Bertz CT molecular complexity index is 1090. The first-order valence-electron chi connectivity index (χ1n) is 11.9. The molecule has 1 saturated heterocycles. The molecule has 1 aliphatic heterocycles. The van der Waals surface area contributed by atoms with Gasteiger partial charge in [0.1, 0.15) is 11.6 Å². The maximum atomic E-state index is 13.3. The van der Waals surface area contributed by atoms with Crippen LogP contribution < -0.4 is 10.6 Å². The van der Waals surface area contributed by atoms with Crippen molar-refractivity contribution in [2.45, 2.75) is 43.9 Å². The van der Waals surface area contributed by atoms with Gasteiger partial charge in [-0.15, -0.1) is 0 Å². The molecule has 0 spiro atoms. The summed E-state index contributed by atoms with van der Waals surface area (Å²) in [6, 6.07) is 20.7. The number of aliphatic hydroxyl groups is 1. The van der Waals surface area contributed by atoms with Crippen molar-refractivity contribution in [3.63, 3.8) is 0 Å². The van der Waals surface area contributed by atoms with Gasteiger partial charge in [-0.3, -0.25) is 4.90 Å². The molecule has 3 aromatic carbocycles. The fraction of sp³-hybridized carbons (Fsp3) is 0.321. The zero-order chi connectivity index (χ0) is 24.8. The lowest BCUT2D eigenvalue weighted by Gasteiger charge is -2.40. The Balaban J connectivity index is 1.40. The normalized spacial score (nSPS) is 20.1. The summed E-state index contributed by atoms with van der Waals surface area (Å²) >= 11 is 0. The van der Waals surface area contributed by atoms with E-state index in [4.69, 9.17) is 0 Å². The van der Waals surface area contributed by atoms with E-state index in [1.807, 2.05) is 42.5 Å². The highest BCUT2D eigenvalue weighted by molar-refractivity contribution is 5.89. The zero-order valence-corrected chi connectivity index (χ0v) is 19.7. The van der Waals surface area contributed by atoms with Gasteiger partial charge in [-0.25, -0.2) is 13.6 Å². The number of β-amino-alcohol motifs (C(OH)–C–C–N with tert-alkyl or cyclic N) is 1. The number of piperidine rings is 1. The monoisotopic (exact) mass is 479 g/mol. The van der Waals surface area contributed by atoms with Gasteiger partial charge >= 0.3 is 6.03 Å². The lowest BCUT2D eigenvalue weighted by molar-refractivity contribution is 0.0483. The third-order valence-electron chi connectivity index (χ3n) is 6.71. The molecular formula is C28H31F2N3O2. The summed E-state index contributed by atoms with van der Waals surface area (Å²) in [5.74, 6) is -0.264. The van der Waals surface area contributed by atoms with Crippen molar-refractivity contribution in [1.82, 2.24) is 10.2 Å². The quantitative estimate of drug-likeness (QED) is 0.422. The summed E-state index contributed by atoms with van der Waals surface area (Å²) in [5, 5.41) is 16.8. The average Bonchev–Trinajstić information content (AvgIpc) is 2.86. The van der Waals surface area contributed by atoms with E-state index in [1.54, 1.807) is 0 Å². The van der Waals surface area contributed by atoms with E-state index in [9.17, 15) is 18.7 Å². The number of hydrogen-bond acceptors (Lipinski definition) is 3. The predicted molar refractivity (Wildman–Crippen MR) is 133 cm³/mol. The third kappa shape index (κ3) is 6.65. The SMILES string of the molecule is CC1CC(c2ccc(F)cc2)CCN1C[C@@H](O)[C@H](NC(=O)Nc1ccc(F)cc1)c1ccccc1. The molecule has 4 rings (SSSR count). The van der Waals surface area contributed by atoms with Crippen LogP contribution in [0.5, 0.6) is 0 Å². The maximum Gasteiger partial charge on any atom is 0.319 e. The van der Waals surface area contributed by atoms with Crippen LogP contribution in [0, 0.1) is 11.6 Å². The summed E-state index contributed by atoms with van der Waals surface area (Å²) in [4.78, 5) is 14.9. The Morgan fingerprint density at radius 1 is 1.00 bits per heavy atom. The van der Waals surface area contributed by atoms with E-state index < -0.39 is 18.2 Å². The van der Waals surface area contributed by atoms with E-state index in [0.29, 0.717) is 18.2 Å². The fourth-order valence-electron chi connectivity index (χ4n) is 4.78. The molecule has 35 heavy (non-hydrogen) atoms. The minimum Gasteiger partial charge on any atom is -0.389 e. The van der Waals surface area contributed by atoms with Crippen molar-refractivity contribution >= 4 is 11.7 Å². The Kier molecular flexibility index (Phi) is 8.10. The van der Waals surface area contributed by atoms with Gasteiger partial charge in [0, 0.05) is 18.3 Å². The summed E-state index contributed by atoms with van der Waals surface area (Å²) in [7, 11) is 0. The molecule has 184 valence electrons. The van der Waals surface area contributed by atoms with E-state index in [2.05, 4.69) is 22.5 Å². The number of urea groups is 1. The van der Waals surface area contributed by atoms with E-state index in [1.165, 1.54) is 36.4 Å². The summed E-state index contributed by atoms with van der Waals surface area (Å²) in [5.41, 5.74) is 2.39. The number of carbonyl (C=O) groups excluding carboxylic acids is 1. The van der Waals surface area contributed by atoms with Crippen LogP contribution in [-0.4, -0.2) is 41.3 Å². The van der Waals surface area contributed by atoms with Crippen LogP contribution >= 0.6 is 0 Å². The van der Waals surface area contributed by atoms with Crippen molar-refractivity contribution in [1.29, 1.82) is 0 Å². The number of anilines is 1. The van der Waals surface area contributed by atoms with Crippen molar-refractivity contribution in [2.75, 3.05) is 18.4 Å². The number of hydrogen-bond donors (Lipinski definition) is 3. The highest BCUT2D eigenvalue weighted by Crippen LogP contribution is 2.32. The lowest BCUT2D eigenvalue weighted by atomic mass is 9.85. The first kappa shape index (κ1) is 24.8. The molecule has 1 aliphatic rings. The predicted octanol–water partition coefficient (Wildman–Crippen LogP) is 5.46. The third-order valence-corrected chi connectivity index (χ3v) is 6.71. The summed E-state index contributed by atoms with van der Waals surface area (Å²) < 4.78 is 26.5. The largest absolute Gasteiger partial charge is 0.389 e. The van der Waals surface area contributed by atoms with Crippen LogP contribution in [0.15, 0.2) is 78.9 Å². The summed E-state index contributed by atoms with van der Waals surface area (Å²) in [6.45, 7) is 3.33. The molecule has 5 nitrogen and oxygen atoms in total. The Morgan fingerprint density at radius 3 is 2.26 bits per heavy atom. The minimum atomic E-state index is -0.846. The van der Waals surface area contributed by atoms with Crippen molar-refractivity contribution in [3.05, 3.63) is 102 Å². The molecule has 2 amide bonds. The topological polar surface area (TPSA) is 64.6 Å². The second-order valence-electron chi connectivity index (χ2n) is 9.18. The number of rotatable bonds is 7. The van der Waals surface area contributed by atoms with E-state index in [0.717, 1.165) is 30.5 Å². The number of benzene rings is 3. The van der Waals surface area contributed by atoms with Gasteiger partial charge in [0.2, 0.25) is 0 Å². The van der Waals surface area contributed by atoms with Gasteiger partial charge < -0.3 is 15.7 Å². The van der Waals surface area contributed by atoms with Gasteiger partial charge in [-0.2, -0.15) is 0 Å². The van der Waals surface area contributed by atoms with Crippen LogP contribution in [0.1, 0.15) is 42.9 Å². The first-order chi connectivity index (χ1) is 16.9. The minimum absolute atomic E-state index is 0.220. The molecule has 7 heteroatoms. The number of carbonyl (C=O) groups is 1. The molecule has 3 aromatic rings. The second kappa shape index (κ2) is 11.4. The van der Waals surface area contributed by atoms with Crippen molar-refractivity contribution in [3.8, 4) is 0 Å². The Morgan fingerprint density at radius 2 is 1.63 bits per heavy atom. The molecule has 0 aliphatic carbocycles. The van der Waals surface area contributed by atoms with Gasteiger partial charge in [0.25, 0.3) is 0 Å². The molecule has 0 saturated carbocycles. The van der Waals surface area contributed by atoms with Crippen molar-refractivity contribution in [2.24, 2.45) is 0 Å². The number of nitrogens with zero attached hydrogens (tertiary/aromatic N) is 1. The van der Waals surface area contributed by atoms with Gasteiger partial charge in [0.15, 0.2) is 0 Å². The molecule has 1 fully saturated rings.